The Morgan fingerprint density at radius 3 is 2.14 bits per heavy atom. The molecule has 1 heterocycles. The zero-order valence-electron chi connectivity index (χ0n) is 18.4. The Labute approximate surface area is 183 Å². The lowest BCUT2D eigenvalue weighted by molar-refractivity contribution is 0.140. The van der Waals surface area contributed by atoms with Gasteiger partial charge in [0.15, 0.2) is 8.32 Å². The molecule has 0 spiro atoms. The molecule has 29 heavy (non-hydrogen) atoms. The van der Waals surface area contributed by atoms with E-state index in [0.717, 1.165) is 37.5 Å². The van der Waals surface area contributed by atoms with Crippen molar-refractivity contribution in [3.05, 3.63) is 70.7 Å². The van der Waals surface area contributed by atoms with E-state index in [2.05, 4.69) is 74.3 Å². The Morgan fingerprint density at radius 2 is 1.59 bits per heavy atom. The van der Waals surface area contributed by atoms with Gasteiger partial charge in [0.2, 0.25) is 0 Å². The van der Waals surface area contributed by atoms with Gasteiger partial charge in [-0.1, -0.05) is 67.9 Å². The Bertz CT molecular complexity index is 775. The topological polar surface area (TPSA) is 23.5 Å². The summed E-state index contributed by atoms with van der Waals surface area (Å²) >= 11 is 6.03. The van der Waals surface area contributed by atoms with Gasteiger partial charge in [-0.05, 0) is 85.6 Å². The normalized spacial score (nSPS) is 18.0. The van der Waals surface area contributed by atoms with Crippen molar-refractivity contribution in [2.24, 2.45) is 0 Å². The van der Waals surface area contributed by atoms with E-state index >= 15 is 0 Å². The van der Waals surface area contributed by atoms with Crippen LogP contribution in [-0.4, -0.2) is 31.1 Å². The van der Waals surface area contributed by atoms with Crippen LogP contribution in [0.4, 0.5) is 0 Å². The lowest BCUT2D eigenvalue weighted by Crippen LogP contribution is -2.44. The second-order valence-corrected chi connectivity index (χ2v) is 14.9. The Hall–Kier alpha value is -1.13. The summed E-state index contributed by atoms with van der Waals surface area (Å²) in [6.45, 7) is 11.9. The Kier molecular flexibility index (Phi) is 6.94. The summed E-state index contributed by atoms with van der Waals surface area (Å²) in [7, 11) is -2.19. The lowest BCUT2D eigenvalue weighted by atomic mass is 9.69. The van der Waals surface area contributed by atoms with Gasteiger partial charge in [0.1, 0.15) is 0 Å². The van der Waals surface area contributed by atoms with E-state index in [4.69, 9.17) is 11.6 Å². The summed E-state index contributed by atoms with van der Waals surface area (Å²) in [6.07, 6.45) is 4.58. The van der Waals surface area contributed by atoms with E-state index in [1.165, 1.54) is 24.0 Å². The fourth-order valence-electron chi connectivity index (χ4n) is 4.32. The molecule has 0 unspecified atom stereocenters. The zero-order valence-corrected chi connectivity index (χ0v) is 20.2. The molecule has 1 saturated heterocycles. The largest absolute Gasteiger partial charge is 0.432 e. The van der Waals surface area contributed by atoms with Crippen LogP contribution in [0.1, 0.15) is 50.7 Å². The van der Waals surface area contributed by atoms with Gasteiger partial charge in [-0.2, -0.15) is 0 Å². The maximum Gasteiger partial charge on any atom is 0.188 e. The molecule has 0 bridgehead atoms. The van der Waals surface area contributed by atoms with Crippen LogP contribution < -0.4 is 0 Å². The number of hydrogen-bond acceptors (Lipinski definition) is 2. The number of halogens is 1. The van der Waals surface area contributed by atoms with Gasteiger partial charge < -0.3 is 4.80 Å². The first-order chi connectivity index (χ1) is 13.6. The van der Waals surface area contributed by atoms with Gasteiger partial charge in [-0.15, -0.1) is 0 Å². The van der Waals surface area contributed by atoms with E-state index in [-0.39, 0.29) is 10.5 Å². The van der Waals surface area contributed by atoms with Crippen molar-refractivity contribution in [3.63, 3.8) is 0 Å². The number of benzene rings is 2. The molecule has 1 aliphatic heterocycles. The van der Waals surface area contributed by atoms with Crippen LogP contribution in [0.25, 0.3) is 0 Å². The lowest BCUT2D eigenvalue weighted by Gasteiger charge is -2.45. The Balaban J connectivity index is 1.72. The minimum Gasteiger partial charge on any atom is -0.432 e. The van der Waals surface area contributed by atoms with E-state index in [1.807, 2.05) is 12.1 Å². The van der Waals surface area contributed by atoms with Crippen LogP contribution in [0.3, 0.4) is 0 Å². The van der Waals surface area contributed by atoms with Crippen LogP contribution >= 0.6 is 11.6 Å². The Morgan fingerprint density at radius 1 is 1.00 bits per heavy atom. The number of likely N-dealkylation sites (tertiary alicyclic amines) is 1. The van der Waals surface area contributed by atoms with Gasteiger partial charge in [0.25, 0.3) is 0 Å². The highest BCUT2D eigenvalue weighted by atomic mass is 35.5. The van der Waals surface area contributed by atoms with Crippen molar-refractivity contribution in [3.8, 4) is 0 Å². The summed E-state index contributed by atoms with van der Waals surface area (Å²) < 4.78 is 0. The molecule has 0 atom stereocenters. The van der Waals surface area contributed by atoms with Crippen molar-refractivity contribution >= 4 is 19.9 Å². The van der Waals surface area contributed by atoms with Crippen molar-refractivity contribution in [1.29, 1.82) is 0 Å². The third-order valence-corrected chi connectivity index (χ3v) is 11.2. The highest BCUT2D eigenvalue weighted by Crippen LogP contribution is 2.47. The van der Waals surface area contributed by atoms with E-state index < -0.39 is 8.32 Å². The third kappa shape index (κ3) is 5.52. The predicted molar refractivity (Wildman–Crippen MR) is 127 cm³/mol. The van der Waals surface area contributed by atoms with E-state index in [1.54, 1.807) is 0 Å². The number of nitrogens with zero attached hydrogens (tertiary/aromatic N) is 1. The van der Waals surface area contributed by atoms with Crippen molar-refractivity contribution < 1.29 is 4.80 Å². The van der Waals surface area contributed by atoms with Gasteiger partial charge in [-0.25, -0.2) is 0 Å². The highest BCUT2D eigenvalue weighted by Gasteiger charge is 2.42. The molecule has 2 aromatic rings. The first-order valence-corrected chi connectivity index (χ1v) is 14.2. The zero-order chi connectivity index (χ0) is 21.1. The molecule has 0 amide bonds. The quantitative estimate of drug-likeness (QED) is 0.499. The molecule has 1 aliphatic rings. The number of piperidine rings is 1. The maximum absolute atomic E-state index is 10.8. The van der Waals surface area contributed by atoms with Crippen LogP contribution in [0.2, 0.25) is 23.2 Å². The van der Waals surface area contributed by atoms with Gasteiger partial charge in [-0.3, -0.25) is 4.90 Å². The number of rotatable bonds is 7. The smallest absolute Gasteiger partial charge is 0.188 e. The van der Waals surface area contributed by atoms with Gasteiger partial charge in [0, 0.05) is 11.6 Å². The van der Waals surface area contributed by atoms with Crippen molar-refractivity contribution in [1.82, 2.24) is 4.90 Å². The highest BCUT2D eigenvalue weighted by molar-refractivity contribution is 6.72. The number of hydrogen-bond donors (Lipinski definition) is 1. The molecule has 0 aliphatic carbocycles. The third-order valence-electron chi connectivity index (χ3n) is 7.40. The first kappa shape index (κ1) is 22.5. The molecule has 0 aromatic heterocycles. The van der Waals surface area contributed by atoms with Crippen LogP contribution in [0.5, 0.6) is 0 Å². The first-order valence-electron chi connectivity index (χ1n) is 10.9. The summed E-state index contributed by atoms with van der Waals surface area (Å²) in [5.74, 6) is 0. The van der Waals surface area contributed by atoms with Gasteiger partial charge in [0.05, 0.1) is 0 Å². The minimum absolute atomic E-state index is 0.0230. The molecule has 158 valence electrons. The molecule has 0 radical (unpaired) electrons. The summed E-state index contributed by atoms with van der Waals surface area (Å²) in [5, 5.41) is 0.823. The fraction of sp³-hybridized carbons (Fsp3) is 0.520. The second kappa shape index (κ2) is 8.93. The molecule has 2 aromatic carbocycles. The van der Waals surface area contributed by atoms with Crippen molar-refractivity contribution in [2.75, 3.05) is 13.1 Å². The van der Waals surface area contributed by atoms with E-state index in [9.17, 15) is 4.80 Å². The minimum atomic E-state index is -2.19. The second-order valence-electron chi connectivity index (χ2n) is 9.99. The molecule has 4 heteroatoms. The van der Waals surface area contributed by atoms with E-state index in [0.29, 0.717) is 0 Å². The van der Waals surface area contributed by atoms with Crippen LogP contribution in [0, 0.1) is 0 Å². The summed E-state index contributed by atoms with van der Waals surface area (Å²) in [6, 6.07) is 19.3. The standard InChI is InChI=1S/C25H36ClNOSi/c1-24(2,29(3,4)28)14-15-25(22-8-6-5-7-9-22)16-18-27(19-17-25)20-21-10-12-23(26)13-11-21/h5-13,28H,14-20H2,1-4H3. The maximum atomic E-state index is 10.8. The summed E-state index contributed by atoms with van der Waals surface area (Å²) in [5.41, 5.74) is 3.02. The van der Waals surface area contributed by atoms with Crippen LogP contribution in [0.15, 0.2) is 54.6 Å². The molecule has 0 saturated carbocycles. The molecule has 1 N–H and O–H groups in total. The van der Waals surface area contributed by atoms with Gasteiger partial charge >= 0.3 is 0 Å². The average Bonchev–Trinajstić information content (AvgIpc) is 2.69. The SMILES string of the molecule is CC(C)(CCC1(c2ccccc2)CCN(Cc2ccc(Cl)cc2)CC1)[Si](C)(C)O. The fourth-order valence-corrected chi connectivity index (χ4v) is 5.18. The molecular formula is C25H36ClNOSi. The monoisotopic (exact) mass is 429 g/mol. The molecule has 2 nitrogen and oxygen atoms in total. The van der Waals surface area contributed by atoms with Crippen LogP contribution in [-0.2, 0) is 12.0 Å². The molecular weight excluding hydrogens is 394 g/mol. The van der Waals surface area contributed by atoms with Crippen molar-refractivity contribution in [2.45, 2.75) is 69.6 Å². The summed E-state index contributed by atoms with van der Waals surface area (Å²) in [4.78, 5) is 13.3. The molecule has 3 rings (SSSR count). The predicted octanol–water partition coefficient (Wildman–Crippen LogP) is 6.63. The average molecular weight is 430 g/mol. The molecule has 1 fully saturated rings.